The van der Waals surface area contributed by atoms with E-state index < -0.39 is 27.4 Å². The summed E-state index contributed by atoms with van der Waals surface area (Å²) in [5.74, 6) is -3.97. The molecule has 6 heteroatoms. The van der Waals surface area contributed by atoms with E-state index in [1.807, 2.05) is 0 Å². The first kappa shape index (κ1) is 9.77. The first-order valence-electron chi connectivity index (χ1n) is 2.61. The molecule has 0 aliphatic carbocycles. The number of hydrogen-bond acceptors (Lipinski definition) is 3. The van der Waals surface area contributed by atoms with Crippen LogP contribution >= 0.6 is 0 Å². The Balaban J connectivity index is 4.16. The maximum Gasteiger partial charge on any atom is 0.336 e. The third-order valence-electron chi connectivity index (χ3n) is 0.767. The van der Waals surface area contributed by atoms with E-state index in [0.29, 0.717) is 0 Å². The fourth-order valence-electron chi connectivity index (χ4n) is 0.439. The number of nitrogens with two attached hydrogens (primary N) is 1. The van der Waals surface area contributed by atoms with Crippen molar-refractivity contribution in [2.45, 2.75) is 18.7 Å². The van der Waals surface area contributed by atoms with Crippen LogP contribution < -0.4 is 5.73 Å². The van der Waals surface area contributed by atoms with Gasteiger partial charge < -0.3 is 5.73 Å². The van der Waals surface area contributed by atoms with Gasteiger partial charge in [-0.1, -0.05) is 0 Å². The molecule has 1 unspecified atom stereocenters. The van der Waals surface area contributed by atoms with E-state index in [1.54, 1.807) is 0 Å². The van der Waals surface area contributed by atoms with E-state index in [-0.39, 0.29) is 0 Å². The summed E-state index contributed by atoms with van der Waals surface area (Å²) in [7, 11) is -4.26. The Morgan fingerprint density at radius 2 is 1.90 bits per heavy atom. The molecule has 10 heavy (non-hydrogen) atoms. The summed E-state index contributed by atoms with van der Waals surface area (Å²) in [6.07, 6.45) is 0. The molecule has 0 rings (SSSR count). The second kappa shape index (κ2) is 3.25. The molecule has 0 heterocycles. The zero-order valence-electron chi connectivity index (χ0n) is 5.42. The van der Waals surface area contributed by atoms with Gasteiger partial charge in [0.25, 0.3) is 0 Å². The maximum absolute atomic E-state index is 11.5. The molecule has 2 N–H and O–H groups in total. The molecule has 0 aliphatic rings. The molecular formula is C4H9F2NO2S. The molecule has 0 aromatic heterocycles. The lowest BCUT2D eigenvalue weighted by Crippen LogP contribution is -2.29. The van der Waals surface area contributed by atoms with Crippen molar-refractivity contribution in [1.29, 1.82) is 0 Å². The van der Waals surface area contributed by atoms with Gasteiger partial charge in [-0.25, -0.2) is 8.42 Å². The Morgan fingerprint density at radius 3 is 2.00 bits per heavy atom. The minimum Gasteiger partial charge on any atom is -0.327 e. The topological polar surface area (TPSA) is 60.2 Å². The van der Waals surface area contributed by atoms with Gasteiger partial charge in [0.05, 0.1) is 5.75 Å². The van der Waals surface area contributed by atoms with Crippen molar-refractivity contribution in [2.75, 3.05) is 5.75 Å². The van der Waals surface area contributed by atoms with E-state index in [2.05, 4.69) is 0 Å². The van der Waals surface area contributed by atoms with Crippen molar-refractivity contribution in [2.24, 2.45) is 5.73 Å². The quantitative estimate of drug-likeness (QED) is 0.652. The molecule has 0 saturated carbocycles. The summed E-state index contributed by atoms with van der Waals surface area (Å²) < 4.78 is 43.7. The van der Waals surface area contributed by atoms with Crippen LogP contribution in [0.2, 0.25) is 0 Å². The van der Waals surface area contributed by atoms with Gasteiger partial charge in [-0.2, -0.15) is 8.78 Å². The normalized spacial score (nSPS) is 15.7. The Morgan fingerprint density at radius 1 is 1.50 bits per heavy atom. The fraction of sp³-hybridized carbons (Fsp3) is 1.00. The van der Waals surface area contributed by atoms with Crippen molar-refractivity contribution >= 4 is 9.84 Å². The van der Waals surface area contributed by atoms with Crippen LogP contribution in [-0.4, -0.2) is 26.0 Å². The maximum atomic E-state index is 11.5. The molecule has 0 amide bonds. The van der Waals surface area contributed by atoms with E-state index in [0.717, 1.165) is 0 Å². The van der Waals surface area contributed by atoms with Crippen LogP contribution in [0.15, 0.2) is 0 Å². The highest BCUT2D eigenvalue weighted by molar-refractivity contribution is 7.91. The van der Waals surface area contributed by atoms with E-state index in [4.69, 9.17) is 5.73 Å². The van der Waals surface area contributed by atoms with Gasteiger partial charge in [0.1, 0.15) is 0 Å². The highest BCUT2D eigenvalue weighted by Gasteiger charge is 2.24. The summed E-state index contributed by atoms with van der Waals surface area (Å²) in [6.45, 7) is 1.36. The monoisotopic (exact) mass is 173 g/mol. The number of alkyl halides is 2. The van der Waals surface area contributed by atoms with Gasteiger partial charge in [-0.05, 0) is 6.92 Å². The summed E-state index contributed by atoms with van der Waals surface area (Å²) in [5.41, 5.74) is 5.00. The van der Waals surface area contributed by atoms with Crippen LogP contribution in [-0.2, 0) is 9.84 Å². The van der Waals surface area contributed by atoms with Crippen LogP contribution in [0.4, 0.5) is 8.78 Å². The van der Waals surface area contributed by atoms with Gasteiger partial charge >= 0.3 is 5.76 Å². The summed E-state index contributed by atoms with van der Waals surface area (Å²) >= 11 is 0. The zero-order chi connectivity index (χ0) is 8.36. The van der Waals surface area contributed by atoms with E-state index in [9.17, 15) is 17.2 Å². The van der Waals surface area contributed by atoms with Crippen molar-refractivity contribution < 1.29 is 17.2 Å². The van der Waals surface area contributed by atoms with Gasteiger partial charge in [-0.3, -0.25) is 0 Å². The van der Waals surface area contributed by atoms with Crippen molar-refractivity contribution in [3.63, 3.8) is 0 Å². The van der Waals surface area contributed by atoms with Crippen molar-refractivity contribution in [1.82, 2.24) is 0 Å². The molecule has 3 nitrogen and oxygen atoms in total. The largest absolute Gasteiger partial charge is 0.336 e. The van der Waals surface area contributed by atoms with Gasteiger partial charge in [0, 0.05) is 6.04 Å². The smallest absolute Gasteiger partial charge is 0.327 e. The number of sulfone groups is 1. The van der Waals surface area contributed by atoms with E-state index in [1.165, 1.54) is 6.92 Å². The predicted molar refractivity (Wildman–Crippen MR) is 33.4 cm³/mol. The van der Waals surface area contributed by atoms with Gasteiger partial charge in [0.2, 0.25) is 9.84 Å². The lowest BCUT2D eigenvalue weighted by Gasteiger charge is -2.04. The van der Waals surface area contributed by atoms with Crippen molar-refractivity contribution in [3.05, 3.63) is 0 Å². The number of rotatable bonds is 3. The molecule has 1 atom stereocenters. The highest BCUT2D eigenvalue weighted by Crippen LogP contribution is 2.05. The Bertz CT molecular complexity index is 187. The van der Waals surface area contributed by atoms with Crippen LogP contribution in [0.25, 0.3) is 0 Å². The van der Waals surface area contributed by atoms with E-state index >= 15 is 0 Å². The van der Waals surface area contributed by atoms with Crippen LogP contribution in [0, 0.1) is 0 Å². The first-order valence-corrected chi connectivity index (χ1v) is 4.33. The molecule has 0 aromatic rings. The molecule has 0 aliphatic heterocycles. The molecule has 0 fully saturated rings. The molecule has 0 spiro atoms. The molecule has 62 valence electrons. The predicted octanol–water partition coefficient (Wildman–Crippen LogP) is -0.0290. The van der Waals surface area contributed by atoms with Gasteiger partial charge in [0.15, 0.2) is 0 Å². The minimum absolute atomic E-state index is 0.662. The Kier molecular flexibility index (Phi) is 3.17. The lowest BCUT2D eigenvalue weighted by molar-refractivity contribution is 0.234. The summed E-state index contributed by atoms with van der Waals surface area (Å²) in [5, 5.41) is 0. The molecule has 0 aromatic carbocycles. The third-order valence-corrected chi connectivity index (χ3v) is 2.30. The average Bonchev–Trinajstić information content (AvgIpc) is 1.60. The van der Waals surface area contributed by atoms with Crippen molar-refractivity contribution in [3.8, 4) is 0 Å². The van der Waals surface area contributed by atoms with Crippen LogP contribution in [0.5, 0.6) is 0 Å². The molecular weight excluding hydrogens is 164 g/mol. The average molecular weight is 173 g/mol. The Labute approximate surface area is 58.1 Å². The molecule has 0 saturated heterocycles. The molecule has 0 radical (unpaired) electrons. The second-order valence-corrected chi connectivity index (χ2v) is 4.08. The highest BCUT2D eigenvalue weighted by atomic mass is 32.2. The SMILES string of the molecule is CC(N)CS(=O)(=O)C(F)F. The van der Waals surface area contributed by atoms with Crippen LogP contribution in [0.1, 0.15) is 6.92 Å². The lowest BCUT2D eigenvalue weighted by atomic mass is 10.4. The summed E-state index contributed by atoms with van der Waals surface area (Å²) in [4.78, 5) is 0. The van der Waals surface area contributed by atoms with Gasteiger partial charge in [-0.15, -0.1) is 0 Å². The molecule has 0 bridgehead atoms. The third kappa shape index (κ3) is 3.07. The fourth-order valence-corrected chi connectivity index (χ4v) is 1.32. The van der Waals surface area contributed by atoms with Crippen LogP contribution in [0.3, 0.4) is 0 Å². The minimum atomic E-state index is -4.26. The number of hydrogen-bond donors (Lipinski definition) is 1. The number of halogens is 2. The summed E-state index contributed by atoms with van der Waals surface area (Å²) in [6, 6.07) is -0.737. The first-order chi connectivity index (χ1) is 4.36. The second-order valence-electron chi connectivity index (χ2n) is 2.07. The Hall–Kier alpha value is -0.230. The standard InChI is InChI=1S/C4H9F2NO2S/c1-3(7)2-10(8,9)4(5)6/h3-4H,2,7H2,1H3. The zero-order valence-corrected chi connectivity index (χ0v) is 6.24.